The van der Waals surface area contributed by atoms with E-state index in [1.54, 1.807) is 20.8 Å². The van der Waals surface area contributed by atoms with E-state index in [0.29, 0.717) is 38.8 Å². The Morgan fingerprint density at radius 2 is 1.53 bits per heavy atom. The van der Waals surface area contributed by atoms with Crippen LogP contribution in [0.25, 0.3) is 0 Å². The predicted molar refractivity (Wildman–Crippen MR) is 172 cm³/mol. The van der Waals surface area contributed by atoms with Gasteiger partial charge in [0.2, 0.25) is 41.4 Å². The molecule has 0 aliphatic carbocycles. The van der Waals surface area contributed by atoms with E-state index in [4.69, 9.17) is 17.2 Å². The number of rotatable bonds is 20. The van der Waals surface area contributed by atoms with Gasteiger partial charge in [0.05, 0.1) is 6.61 Å². The van der Waals surface area contributed by atoms with Gasteiger partial charge in [-0.1, -0.05) is 20.3 Å². The SMILES string of the molecule is CCNC(=O)[C@@H]1CCCN1C(=O)[C@H](CCCN=C(N)N)NC(=O)[C@@H](NC(=O)[C@@H](CCC(N)=O)NC(=O)[C@H](CO)NC(C)=O)[C@@H](C)CC. The zero-order chi connectivity index (χ0) is 35.7. The standard InChI is InChI=1S/C29H52N10O8/c1-5-16(3)23(38-24(43)18(11-12-22(30)42)36-25(44)20(15-40)35-17(4)41)27(46)37-19(9-7-13-34-29(31)32)28(47)39-14-8-10-21(39)26(45)33-6-2/h16,18-21,23,40H,5-15H2,1-4H3,(H2,30,42)(H,33,45)(H,35,41)(H,36,44)(H,37,46)(H,38,43)(H4,31,32,34)/t16-,18+,19-,20-,21-,23-/m0/s1. The molecule has 47 heavy (non-hydrogen) atoms. The van der Waals surface area contributed by atoms with Crippen LogP contribution in [0.3, 0.4) is 0 Å². The Morgan fingerprint density at radius 1 is 0.894 bits per heavy atom. The molecule has 12 N–H and O–H groups in total. The summed E-state index contributed by atoms with van der Waals surface area (Å²) < 4.78 is 0. The lowest BCUT2D eigenvalue weighted by atomic mass is 9.96. The smallest absolute Gasteiger partial charge is 0.245 e. The number of aliphatic hydroxyl groups excluding tert-OH is 1. The third kappa shape index (κ3) is 13.8. The van der Waals surface area contributed by atoms with Crippen LogP contribution < -0.4 is 43.8 Å². The molecule has 6 atom stereocenters. The normalized spacial score (nSPS) is 17.2. The number of guanidine groups is 1. The molecule has 0 aromatic carbocycles. The number of hydrogen-bond donors (Lipinski definition) is 9. The van der Waals surface area contributed by atoms with Gasteiger partial charge < -0.3 is 53.8 Å². The minimum absolute atomic E-state index is 0.129. The molecule has 0 spiro atoms. The van der Waals surface area contributed by atoms with Gasteiger partial charge in [0.1, 0.15) is 30.2 Å². The van der Waals surface area contributed by atoms with Crippen LogP contribution in [0.15, 0.2) is 4.99 Å². The number of amides is 7. The maximum Gasteiger partial charge on any atom is 0.245 e. The van der Waals surface area contributed by atoms with Crippen LogP contribution in [-0.2, 0) is 33.6 Å². The summed E-state index contributed by atoms with van der Waals surface area (Å²) in [6.45, 7) is 6.55. The zero-order valence-electron chi connectivity index (χ0n) is 27.7. The Hall–Kier alpha value is -4.48. The number of carbonyl (C=O) groups is 7. The van der Waals surface area contributed by atoms with Crippen molar-refractivity contribution < 1.29 is 38.7 Å². The lowest BCUT2D eigenvalue weighted by Crippen LogP contribution is -2.60. The fourth-order valence-corrected chi connectivity index (χ4v) is 5.04. The van der Waals surface area contributed by atoms with Gasteiger partial charge in [-0.25, -0.2) is 0 Å². The van der Waals surface area contributed by atoms with Crippen molar-refractivity contribution in [2.45, 2.75) is 103 Å². The summed E-state index contributed by atoms with van der Waals surface area (Å²) in [4.78, 5) is 94.8. The summed E-state index contributed by atoms with van der Waals surface area (Å²) in [6, 6.07) is -5.69. The Kier molecular flexibility index (Phi) is 17.8. The number of likely N-dealkylation sites (N-methyl/N-ethyl adjacent to an activating group) is 1. The maximum absolute atomic E-state index is 13.8. The van der Waals surface area contributed by atoms with E-state index in [9.17, 15) is 38.7 Å². The maximum atomic E-state index is 13.8. The summed E-state index contributed by atoms with van der Waals surface area (Å²) in [7, 11) is 0. The van der Waals surface area contributed by atoms with Crippen LogP contribution in [-0.4, -0.2) is 114 Å². The first-order valence-electron chi connectivity index (χ1n) is 15.9. The monoisotopic (exact) mass is 668 g/mol. The second-order valence-electron chi connectivity index (χ2n) is 11.5. The Balaban J connectivity index is 3.28. The molecule has 1 saturated heterocycles. The van der Waals surface area contributed by atoms with Gasteiger partial charge in [-0.15, -0.1) is 0 Å². The number of likely N-dealkylation sites (tertiary alicyclic amines) is 1. The van der Waals surface area contributed by atoms with Crippen molar-refractivity contribution in [3.8, 4) is 0 Å². The average Bonchev–Trinajstić information content (AvgIpc) is 3.51. The summed E-state index contributed by atoms with van der Waals surface area (Å²) in [5.41, 5.74) is 16.1. The highest BCUT2D eigenvalue weighted by atomic mass is 16.3. The van der Waals surface area contributed by atoms with E-state index >= 15 is 0 Å². The summed E-state index contributed by atoms with van der Waals surface area (Å²) >= 11 is 0. The van der Waals surface area contributed by atoms with Crippen LogP contribution in [0.1, 0.15) is 72.6 Å². The first-order chi connectivity index (χ1) is 22.2. The average molecular weight is 669 g/mol. The first-order valence-corrected chi connectivity index (χ1v) is 15.9. The minimum atomic E-state index is -1.37. The van der Waals surface area contributed by atoms with E-state index in [1.165, 1.54) is 4.90 Å². The van der Waals surface area contributed by atoms with Gasteiger partial charge in [0, 0.05) is 33.0 Å². The van der Waals surface area contributed by atoms with E-state index in [-0.39, 0.29) is 37.7 Å². The van der Waals surface area contributed by atoms with Crippen molar-refractivity contribution in [2.75, 3.05) is 26.2 Å². The molecule has 18 heteroatoms. The molecular weight excluding hydrogens is 616 g/mol. The number of aliphatic imine (C=N–C) groups is 1. The highest BCUT2D eigenvalue weighted by molar-refractivity contribution is 5.96. The van der Waals surface area contributed by atoms with Gasteiger partial charge in [0.25, 0.3) is 0 Å². The summed E-state index contributed by atoms with van der Waals surface area (Å²) in [5, 5.41) is 22.3. The molecule has 1 rings (SSSR count). The quantitative estimate of drug-likeness (QED) is 0.0349. The lowest BCUT2D eigenvalue weighted by molar-refractivity contribution is -0.142. The van der Waals surface area contributed by atoms with Crippen molar-refractivity contribution in [1.29, 1.82) is 0 Å². The second-order valence-corrected chi connectivity index (χ2v) is 11.5. The molecule has 266 valence electrons. The fourth-order valence-electron chi connectivity index (χ4n) is 5.04. The van der Waals surface area contributed by atoms with Gasteiger partial charge in [-0.05, 0) is 44.9 Å². The molecule has 0 unspecified atom stereocenters. The highest BCUT2D eigenvalue weighted by Crippen LogP contribution is 2.20. The molecular formula is C29H52N10O8. The Morgan fingerprint density at radius 3 is 2.09 bits per heavy atom. The van der Waals surface area contributed by atoms with Crippen LogP contribution in [0.2, 0.25) is 0 Å². The van der Waals surface area contributed by atoms with E-state index in [0.717, 1.165) is 6.92 Å². The molecule has 1 heterocycles. The number of nitrogens with two attached hydrogens (primary N) is 3. The molecule has 0 bridgehead atoms. The van der Waals surface area contributed by atoms with E-state index in [2.05, 4.69) is 31.6 Å². The second kappa shape index (κ2) is 20.6. The number of primary amides is 1. The van der Waals surface area contributed by atoms with Crippen LogP contribution >= 0.6 is 0 Å². The molecule has 0 aromatic heterocycles. The third-order valence-corrected chi connectivity index (χ3v) is 7.73. The Labute approximate surface area is 274 Å². The lowest BCUT2D eigenvalue weighted by Gasteiger charge is -2.31. The van der Waals surface area contributed by atoms with Crippen LogP contribution in [0, 0.1) is 5.92 Å². The van der Waals surface area contributed by atoms with Crippen molar-refractivity contribution in [3.05, 3.63) is 0 Å². The van der Waals surface area contributed by atoms with Crippen molar-refractivity contribution in [2.24, 2.45) is 28.1 Å². The number of aliphatic hydroxyl groups is 1. The molecule has 0 aromatic rings. The van der Waals surface area contributed by atoms with E-state index < -0.39 is 78.2 Å². The molecule has 1 aliphatic rings. The largest absolute Gasteiger partial charge is 0.394 e. The number of carbonyl (C=O) groups excluding carboxylic acids is 7. The van der Waals surface area contributed by atoms with Crippen LogP contribution in [0.4, 0.5) is 0 Å². The number of nitrogens with one attached hydrogen (secondary N) is 5. The third-order valence-electron chi connectivity index (χ3n) is 7.73. The molecule has 0 radical (unpaired) electrons. The van der Waals surface area contributed by atoms with Gasteiger partial charge in [0.15, 0.2) is 5.96 Å². The van der Waals surface area contributed by atoms with Gasteiger partial charge >= 0.3 is 0 Å². The molecule has 18 nitrogen and oxygen atoms in total. The van der Waals surface area contributed by atoms with Crippen molar-refractivity contribution >= 4 is 47.3 Å². The summed E-state index contributed by atoms with van der Waals surface area (Å²) in [6.07, 6.45) is 1.42. The predicted octanol–water partition coefficient (Wildman–Crippen LogP) is -3.57. The van der Waals surface area contributed by atoms with Gasteiger partial charge in [-0.2, -0.15) is 0 Å². The topological polar surface area (TPSA) is 294 Å². The van der Waals surface area contributed by atoms with Crippen molar-refractivity contribution in [1.82, 2.24) is 31.5 Å². The first kappa shape index (κ1) is 40.5. The summed E-state index contributed by atoms with van der Waals surface area (Å²) in [5.74, 6) is -5.10. The molecule has 1 aliphatic heterocycles. The zero-order valence-corrected chi connectivity index (χ0v) is 27.7. The van der Waals surface area contributed by atoms with Crippen LogP contribution in [0.5, 0.6) is 0 Å². The van der Waals surface area contributed by atoms with Gasteiger partial charge in [-0.3, -0.25) is 38.6 Å². The van der Waals surface area contributed by atoms with E-state index in [1.807, 2.05) is 0 Å². The minimum Gasteiger partial charge on any atom is -0.394 e. The fraction of sp³-hybridized carbons (Fsp3) is 0.724. The molecule has 0 saturated carbocycles. The van der Waals surface area contributed by atoms with Crippen molar-refractivity contribution in [3.63, 3.8) is 0 Å². The molecule has 1 fully saturated rings. The Bertz CT molecular complexity index is 1150. The number of nitrogens with zero attached hydrogens (tertiary/aromatic N) is 2. The highest BCUT2D eigenvalue weighted by Gasteiger charge is 2.39. The molecule has 7 amide bonds. The number of hydrogen-bond acceptors (Lipinski definition) is 9.